The highest BCUT2D eigenvalue weighted by Gasteiger charge is 2.21. The minimum Gasteiger partial charge on any atom is -0.390 e. The summed E-state index contributed by atoms with van der Waals surface area (Å²) in [6, 6.07) is 17.6. The molecule has 0 fully saturated rings. The number of aliphatic imine (C=N–C) groups is 1. The van der Waals surface area contributed by atoms with Gasteiger partial charge in [0, 0.05) is 6.54 Å². The van der Waals surface area contributed by atoms with E-state index >= 15 is 0 Å². The third kappa shape index (κ3) is 6.90. The predicted molar refractivity (Wildman–Crippen MR) is 139 cm³/mol. The van der Waals surface area contributed by atoms with Crippen LogP contribution in [-0.4, -0.2) is 44.4 Å². The standard InChI is InChI=1S/C22H27N3O3S2.HI/c1-3-23-22(24-14-18(26)15-30(27,28)21-12-7-13-29-21)25-16(2)19-11-6-9-17-8-4-5-10-20(17)19;/h4-13,16,18,26H,3,14-15H2,1-2H3,(H2,23,24,25);1H. The van der Waals surface area contributed by atoms with Crippen molar-refractivity contribution in [2.45, 2.75) is 30.2 Å². The van der Waals surface area contributed by atoms with E-state index in [4.69, 9.17) is 0 Å². The summed E-state index contributed by atoms with van der Waals surface area (Å²) in [5.74, 6) is 0.181. The predicted octanol–water partition coefficient (Wildman–Crippen LogP) is 3.97. The van der Waals surface area contributed by atoms with Crippen LogP contribution in [0.15, 0.2) is 69.2 Å². The number of guanidine groups is 1. The molecule has 0 aliphatic rings. The van der Waals surface area contributed by atoms with Crippen LogP contribution in [0.5, 0.6) is 0 Å². The zero-order valence-electron chi connectivity index (χ0n) is 17.5. The van der Waals surface area contributed by atoms with Crippen LogP contribution in [0, 0.1) is 0 Å². The molecule has 3 aromatic rings. The summed E-state index contributed by atoms with van der Waals surface area (Å²) in [5.41, 5.74) is 1.14. The largest absolute Gasteiger partial charge is 0.390 e. The molecule has 0 radical (unpaired) electrons. The van der Waals surface area contributed by atoms with Crippen LogP contribution in [-0.2, 0) is 9.84 Å². The number of fused-ring (bicyclic) bond motifs is 1. The second-order valence-corrected chi connectivity index (χ2v) is 10.2. The second kappa shape index (κ2) is 11.8. The summed E-state index contributed by atoms with van der Waals surface area (Å²) < 4.78 is 24.9. The quantitative estimate of drug-likeness (QED) is 0.216. The zero-order chi connectivity index (χ0) is 21.6. The van der Waals surface area contributed by atoms with Gasteiger partial charge in [-0.3, -0.25) is 4.99 Å². The van der Waals surface area contributed by atoms with Gasteiger partial charge >= 0.3 is 0 Å². The number of halogens is 1. The van der Waals surface area contributed by atoms with E-state index in [1.54, 1.807) is 17.5 Å². The van der Waals surface area contributed by atoms with Crippen molar-refractivity contribution >= 4 is 61.9 Å². The molecule has 168 valence electrons. The fourth-order valence-corrected chi connectivity index (χ4v) is 5.72. The van der Waals surface area contributed by atoms with Gasteiger partial charge in [0.1, 0.15) is 4.21 Å². The van der Waals surface area contributed by atoms with Crippen LogP contribution in [0.1, 0.15) is 25.5 Å². The number of benzene rings is 2. The number of hydrogen-bond donors (Lipinski definition) is 3. The minimum atomic E-state index is -3.51. The van der Waals surface area contributed by atoms with Crippen LogP contribution >= 0.6 is 35.3 Å². The fourth-order valence-electron chi connectivity index (χ4n) is 3.26. The van der Waals surface area contributed by atoms with E-state index in [1.165, 1.54) is 5.39 Å². The molecule has 0 spiro atoms. The molecule has 31 heavy (non-hydrogen) atoms. The summed E-state index contributed by atoms with van der Waals surface area (Å²) >= 11 is 1.15. The maximum Gasteiger partial charge on any atom is 0.191 e. The lowest BCUT2D eigenvalue weighted by atomic mass is 10.00. The van der Waals surface area contributed by atoms with Crippen LogP contribution in [0.2, 0.25) is 0 Å². The number of nitrogens with one attached hydrogen (secondary N) is 2. The van der Waals surface area contributed by atoms with E-state index in [9.17, 15) is 13.5 Å². The van der Waals surface area contributed by atoms with E-state index in [1.807, 2.05) is 32.0 Å². The first kappa shape index (κ1) is 25.6. The Morgan fingerprint density at radius 2 is 1.87 bits per heavy atom. The summed E-state index contributed by atoms with van der Waals surface area (Å²) in [6.45, 7) is 4.64. The monoisotopic (exact) mass is 573 g/mol. The topological polar surface area (TPSA) is 90.8 Å². The lowest BCUT2D eigenvalue weighted by molar-refractivity contribution is 0.206. The molecule has 2 atom stereocenters. The summed E-state index contributed by atoms with van der Waals surface area (Å²) in [7, 11) is -3.51. The normalized spacial score (nSPS) is 14.0. The summed E-state index contributed by atoms with van der Waals surface area (Å²) in [4.78, 5) is 4.41. The molecular formula is C22H28IN3O3S2. The Balaban J connectivity index is 0.00000341. The number of nitrogens with zero attached hydrogens (tertiary/aromatic N) is 1. The molecule has 0 aliphatic carbocycles. The molecule has 0 saturated heterocycles. The van der Waals surface area contributed by atoms with E-state index in [0.717, 1.165) is 22.3 Å². The van der Waals surface area contributed by atoms with Crippen molar-refractivity contribution in [1.29, 1.82) is 0 Å². The lowest BCUT2D eigenvalue weighted by Gasteiger charge is -2.20. The Hall–Kier alpha value is -1.69. The minimum absolute atomic E-state index is 0. The van der Waals surface area contributed by atoms with Gasteiger partial charge in [-0.1, -0.05) is 48.5 Å². The average molecular weight is 574 g/mol. The highest BCUT2D eigenvalue weighted by Crippen LogP contribution is 2.24. The summed E-state index contributed by atoms with van der Waals surface area (Å²) in [6.07, 6.45) is -1.08. The molecule has 3 rings (SSSR count). The molecule has 1 heterocycles. The highest BCUT2D eigenvalue weighted by atomic mass is 127. The van der Waals surface area contributed by atoms with Gasteiger partial charge in [-0.25, -0.2) is 8.42 Å². The maximum absolute atomic E-state index is 12.3. The van der Waals surface area contributed by atoms with E-state index < -0.39 is 15.9 Å². The van der Waals surface area contributed by atoms with Crippen molar-refractivity contribution in [2.75, 3.05) is 18.8 Å². The molecular weight excluding hydrogens is 545 g/mol. The van der Waals surface area contributed by atoms with E-state index in [0.29, 0.717) is 12.5 Å². The first-order valence-corrected chi connectivity index (χ1v) is 12.4. The summed E-state index contributed by atoms with van der Waals surface area (Å²) in [5, 5.41) is 20.8. The number of thiophene rings is 1. The Kier molecular flexibility index (Phi) is 9.73. The van der Waals surface area contributed by atoms with Gasteiger partial charge in [0.05, 0.1) is 24.4 Å². The molecule has 0 bridgehead atoms. The number of sulfone groups is 1. The van der Waals surface area contributed by atoms with Gasteiger partial charge in [-0.05, 0) is 41.6 Å². The number of aliphatic hydroxyl groups is 1. The van der Waals surface area contributed by atoms with Gasteiger partial charge in [-0.15, -0.1) is 35.3 Å². The Morgan fingerprint density at radius 3 is 2.58 bits per heavy atom. The van der Waals surface area contributed by atoms with Gasteiger partial charge in [0.25, 0.3) is 0 Å². The molecule has 2 aromatic carbocycles. The van der Waals surface area contributed by atoms with Crippen molar-refractivity contribution in [2.24, 2.45) is 4.99 Å². The molecule has 6 nitrogen and oxygen atoms in total. The zero-order valence-corrected chi connectivity index (χ0v) is 21.4. The Labute approximate surface area is 204 Å². The average Bonchev–Trinajstić information content (AvgIpc) is 3.27. The van der Waals surface area contributed by atoms with Crippen molar-refractivity contribution in [3.63, 3.8) is 0 Å². The van der Waals surface area contributed by atoms with Crippen molar-refractivity contribution < 1.29 is 13.5 Å². The first-order valence-electron chi connectivity index (χ1n) is 9.87. The SMILES string of the molecule is CCNC(=NCC(O)CS(=O)(=O)c1cccs1)NC(C)c1cccc2ccccc12.I. The number of rotatable bonds is 8. The smallest absolute Gasteiger partial charge is 0.191 e. The fraction of sp³-hybridized carbons (Fsp3) is 0.318. The molecule has 1 aromatic heterocycles. The Morgan fingerprint density at radius 1 is 1.13 bits per heavy atom. The third-order valence-electron chi connectivity index (χ3n) is 4.66. The van der Waals surface area contributed by atoms with Gasteiger partial charge in [0.15, 0.2) is 15.8 Å². The van der Waals surface area contributed by atoms with Gasteiger partial charge in [0.2, 0.25) is 0 Å². The molecule has 0 saturated carbocycles. The van der Waals surface area contributed by atoms with Gasteiger partial charge < -0.3 is 15.7 Å². The molecule has 0 aliphatic heterocycles. The Bertz CT molecular complexity index is 1100. The van der Waals surface area contributed by atoms with Crippen LogP contribution < -0.4 is 10.6 Å². The molecule has 2 unspecified atom stereocenters. The maximum atomic E-state index is 12.3. The number of hydrogen-bond acceptors (Lipinski definition) is 5. The van der Waals surface area contributed by atoms with Crippen LogP contribution in [0.4, 0.5) is 0 Å². The lowest BCUT2D eigenvalue weighted by Crippen LogP contribution is -2.39. The van der Waals surface area contributed by atoms with Crippen LogP contribution in [0.25, 0.3) is 10.8 Å². The highest BCUT2D eigenvalue weighted by molar-refractivity contribution is 14.0. The molecule has 9 heteroatoms. The number of aliphatic hydroxyl groups excluding tert-OH is 1. The van der Waals surface area contributed by atoms with E-state index in [-0.39, 0.29) is 46.5 Å². The van der Waals surface area contributed by atoms with Crippen molar-refractivity contribution in [3.05, 3.63) is 65.5 Å². The molecule has 3 N–H and O–H groups in total. The molecule has 0 amide bonds. The van der Waals surface area contributed by atoms with Crippen molar-refractivity contribution in [3.8, 4) is 0 Å². The first-order chi connectivity index (χ1) is 14.4. The van der Waals surface area contributed by atoms with Crippen LogP contribution in [0.3, 0.4) is 0 Å². The van der Waals surface area contributed by atoms with E-state index in [2.05, 4.69) is 39.9 Å². The van der Waals surface area contributed by atoms with Crippen molar-refractivity contribution in [1.82, 2.24) is 10.6 Å². The van der Waals surface area contributed by atoms with Gasteiger partial charge in [-0.2, -0.15) is 0 Å². The third-order valence-corrected chi connectivity index (χ3v) is 7.95. The second-order valence-electron chi connectivity index (χ2n) is 7.02.